The number of nitrogens with two attached hydrogens (primary N) is 1. The SMILES string of the molecule is CCCC[C@@H](N)c1ccc(C(F)(F)F)cc1C(F)(F)F.Cl. The summed E-state index contributed by atoms with van der Waals surface area (Å²) in [4.78, 5) is 0. The zero-order valence-electron chi connectivity index (χ0n) is 11.2. The van der Waals surface area contributed by atoms with Crippen molar-refractivity contribution in [1.82, 2.24) is 0 Å². The minimum absolute atomic E-state index is 0. The van der Waals surface area contributed by atoms with Gasteiger partial charge >= 0.3 is 12.4 Å². The minimum Gasteiger partial charge on any atom is -0.324 e. The second-order valence-electron chi connectivity index (χ2n) is 4.55. The first kappa shape index (κ1) is 20.1. The lowest BCUT2D eigenvalue weighted by Crippen LogP contribution is -2.19. The van der Waals surface area contributed by atoms with E-state index in [1.165, 1.54) is 0 Å². The second-order valence-corrected chi connectivity index (χ2v) is 4.55. The predicted octanol–water partition coefficient (Wildman–Crippen LogP) is 5.34. The van der Waals surface area contributed by atoms with Crippen LogP contribution in [0.15, 0.2) is 18.2 Å². The molecule has 8 heteroatoms. The molecular formula is C13H16ClF6N. The molecule has 0 unspecified atom stereocenters. The highest BCUT2D eigenvalue weighted by Crippen LogP contribution is 2.39. The molecule has 1 nitrogen and oxygen atoms in total. The average molecular weight is 336 g/mol. The van der Waals surface area contributed by atoms with E-state index in [1.54, 1.807) is 0 Å². The Kier molecular flexibility index (Phi) is 7.02. The van der Waals surface area contributed by atoms with Crippen LogP contribution in [0.2, 0.25) is 0 Å². The summed E-state index contributed by atoms with van der Waals surface area (Å²) >= 11 is 0. The topological polar surface area (TPSA) is 26.0 Å². The van der Waals surface area contributed by atoms with E-state index < -0.39 is 29.5 Å². The molecule has 0 amide bonds. The molecule has 0 aliphatic carbocycles. The molecule has 1 rings (SSSR count). The first-order chi connectivity index (χ1) is 9.07. The largest absolute Gasteiger partial charge is 0.416 e. The third kappa shape index (κ3) is 5.39. The van der Waals surface area contributed by atoms with Gasteiger partial charge in [0, 0.05) is 6.04 Å². The highest BCUT2D eigenvalue weighted by atomic mass is 35.5. The number of halogens is 7. The van der Waals surface area contributed by atoms with Gasteiger partial charge in [-0.3, -0.25) is 0 Å². The van der Waals surface area contributed by atoms with Gasteiger partial charge in [-0.1, -0.05) is 25.8 Å². The number of benzene rings is 1. The summed E-state index contributed by atoms with van der Waals surface area (Å²) in [7, 11) is 0. The van der Waals surface area contributed by atoms with Crippen LogP contribution in [-0.2, 0) is 12.4 Å². The van der Waals surface area contributed by atoms with Crippen molar-refractivity contribution in [2.45, 2.75) is 44.6 Å². The fraction of sp³-hybridized carbons (Fsp3) is 0.538. The Morgan fingerprint density at radius 3 is 2.05 bits per heavy atom. The lowest BCUT2D eigenvalue weighted by Gasteiger charge is -2.20. The number of alkyl halides is 6. The standard InChI is InChI=1S/C13H15F6N.ClH/c1-2-3-4-11(20)9-6-5-8(12(14,15)16)7-10(9)13(17,18)19;/h5-7,11H,2-4,20H2,1H3;1H/t11-;/m1./s1. The molecule has 0 aliphatic heterocycles. The van der Waals surface area contributed by atoms with Gasteiger partial charge < -0.3 is 5.73 Å². The van der Waals surface area contributed by atoms with Crippen LogP contribution in [0.1, 0.15) is 48.9 Å². The quantitative estimate of drug-likeness (QED) is 0.739. The van der Waals surface area contributed by atoms with Gasteiger partial charge in [-0.25, -0.2) is 0 Å². The average Bonchev–Trinajstić information content (AvgIpc) is 2.33. The first-order valence-electron chi connectivity index (χ1n) is 6.11. The zero-order valence-corrected chi connectivity index (χ0v) is 12.0. The smallest absolute Gasteiger partial charge is 0.324 e. The van der Waals surface area contributed by atoms with Crippen molar-refractivity contribution in [2.24, 2.45) is 5.73 Å². The third-order valence-corrected chi connectivity index (χ3v) is 2.95. The maximum Gasteiger partial charge on any atom is 0.416 e. The summed E-state index contributed by atoms with van der Waals surface area (Å²) in [5, 5.41) is 0. The molecule has 0 spiro atoms. The minimum atomic E-state index is -4.86. The third-order valence-electron chi connectivity index (χ3n) is 2.95. The van der Waals surface area contributed by atoms with Gasteiger partial charge in [0.05, 0.1) is 11.1 Å². The Hall–Kier alpha value is -0.950. The van der Waals surface area contributed by atoms with Crippen molar-refractivity contribution in [3.05, 3.63) is 34.9 Å². The summed E-state index contributed by atoms with van der Waals surface area (Å²) in [5.74, 6) is 0. The maximum atomic E-state index is 12.9. The summed E-state index contributed by atoms with van der Waals surface area (Å²) in [6, 6.07) is 0.664. The Morgan fingerprint density at radius 1 is 1.05 bits per heavy atom. The zero-order chi connectivity index (χ0) is 15.6. The summed E-state index contributed by atoms with van der Waals surface area (Å²) < 4.78 is 76.1. The van der Waals surface area contributed by atoms with Crippen LogP contribution in [0.3, 0.4) is 0 Å². The molecule has 1 aromatic rings. The highest BCUT2D eigenvalue weighted by molar-refractivity contribution is 5.85. The molecule has 0 radical (unpaired) electrons. The van der Waals surface area contributed by atoms with Crippen LogP contribution in [0.5, 0.6) is 0 Å². The van der Waals surface area contributed by atoms with Gasteiger partial charge in [-0.2, -0.15) is 26.3 Å². The fourth-order valence-electron chi connectivity index (χ4n) is 1.88. The molecule has 122 valence electrons. The Bertz CT molecular complexity index is 455. The first-order valence-corrected chi connectivity index (χ1v) is 6.11. The molecule has 1 aromatic carbocycles. The van der Waals surface area contributed by atoms with Gasteiger partial charge in [0.15, 0.2) is 0 Å². The van der Waals surface area contributed by atoms with E-state index in [0.717, 1.165) is 12.5 Å². The Balaban J connectivity index is 0.00000400. The van der Waals surface area contributed by atoms with Crippen LogP contribution in [0.4, 0.5) is 26.3 Å². The molecule has 1 atom stereocenters. The molecule has 0 aliphatic rings. The van der Waals surface area contributed by atoms with Crippen molar-refractivity contribution in [3.8, 4) is 0 Å². The van der Waals surface area contributed by atoms with Crippen molar-refractivity contribution < 1.29 is 26.3 Å². The number of unbranched alkanes of at least 4 members (excludes halogenated alkanes) is 1. The van der Waals surface area contributed by atoms with Gasteiger partial charge in [-0.05, 0) is 24.1 Å². The number of rotatable bonds is 4. The van der Waals surface area contributed by atoms with E-state index in [4.69, 9.17) is 5.73 Å². The lowest BCUT2D eigenvalue weighted by molar-refractivity contribution is -0.143. The molecule has 0 bridgehead atoms. The number of hydrogen-bond donors (Lipinski definition) is 1. The van der Waals surface area contributed by atoms with Crippen LogP contribution >= 0.6 is 12.4 Å². The van der Waals surface area contributed by atoms with Crippen molar-refractivity contribution in [2.75, 3.05) is 0 Å². The van der Waals surface area contributed by atoms with E-state index >= 15 is 0 Å². The van der Waals surface area contributed by atoms with Crippen molar-refractivity contribution in [1.29, 1.82) is 0 Å². The van der Waals surface area contributed by atoms with E-state index in [-0.39, 0.29) is 24.0 Å². The monoisotopic (exact) mass is 335 g/mol. The maximum absolute atomic E-state index is 12.9. The summed E-state index contributed by atoms with van der Waals surface area (Å²) in [6.07, 6.45) is -8.02. The summed E-state index contributed by atoms with van der Waals surface area (Å²) in [6.45, 7) is 1.85. The van der Waals surface area contributed by atoms with E-state index in [1.807, 2.05) is 6.92 Å². The fourth-order valence-corrected chi connectivity index (χ4v) is 1.88. The molecule has 0 saturated carbocycles. The van der Waals surface area contributed by atoms with Crippen LogP contribution < -0.4 is 5.73 Å². The van der Waals surface area contributed by atoms with Gasteiger partial charge in [0.2, 0.25) is 0 Å². The van der Waals surface area contributed by atoms with Gasteiger partial charge in [0.1, 0.15) is 0 Å². The molecule has 2 N–H and O–H groups in total. The highest BCUT2D eigenvalue weighted by Gasteiger charge is 2.38. The Labute approximate surface area is 124 Å². The van der Waals surface area contributed by atoms with Crippen molar-refractivity contribution >= 4 is 12.4 Å². The van der Waals surface area contributed by atoms with E-state index in [2.05, 4.69) is 0 Å². The van der Waals surface area contributed by atoms with Crippen LogP contribution in [0, 0.1) is 0 Å². The predicted molar refractivity (Wildman–Crippen MR) is 70.1 cm³/mol. The van der Waals surface area contributed by atoms with Crippen molar-refractivity contribution in [3.63, 3.8) is 0 Å². The van der Waals surface area contributed by atoms with E-state index in [9.17, 15) is 26.3 Å². The molecule has 0 saturated heterocycles. The van der Waals surface area contributed by atoms with Crippen LogP contribution in [0.25, 0.3) is 0 Å². The normalized spacial score (nSPS) is 13.7. The number of hydrogen-bond acceptors (Lipinski definition) is 1. The van der Waals surface area contributed by atoms with E-state index in [0.29, 0.717) is 18.9 Å². The summed E-state index contributed by atoms with van der Waals surface area (Å²) in [5.41, 5.74) is 2.73. The Morgan fingerprint density at radius 2 is 1.62 bits per heavy atom. The molecule has 0 fully saturated rings. The molecule has 21 heavy (non-hydrogen) atoms. The lowest BCUT2D eigenvalue weighted by atomic mass is 9.94. The second kappa shape index (κ2) is 7.35. The molecule has 0 aromatic heterocycles. The van der Waals surface area contributed by atoms with Gasteiger partial charge in [-0.15, -0.1) is 12.4 Å². The van der Waals surface area contributed by atoms with Crippen LogP contribution in [-0.4, -0.2) is 0 Å². The molecule has 0 heterocycles. The van der Waals surface area contributed by atoms with Gasteiger partial charge in [0.25, 0.3) is 0 Å². The molecular weight excluding hydrogens is 320 g/mol.